The molecule has 1 aliphatic heterocycles. The lowest BCUT2D eigenvalue weighted by Crippen LogP contribution is -2.39. The Balaban J connectivity index is 1.74. The first-order valence-electron chi connectivity index (χ1n) is 8.12. The second kappa shape index (κ2) is 6.95. The van der Waals surface area contributed by atoms with Gasteiger partial charge in [-0.15, -0.1) is 0 Å². The molecule has 2 aromatic rings. The van der Waals surface area contributed by atoms with Crippen LogP contribution in [0.2, 0.25) is 0 Å². The summed E-state index contributed by atoms with van der Waals surface area (Å²) in [7, 11) is 0. The molecule has 0 unspecified atom stereocenters. The number of piperidine rings is 1. The summed E-state index contributed by atoms with van der Waals surface area (Å²) in [5.74, 6) is 0.126. The van der Waals surface area contributed by atoms with Crippen molar-refractivity contribution in [1.82, 2.24) is 14.7 Å². The number of benzene rings is 1. The van der Waals surface area contributed by atoms with Gasteiger partial charge in [-0.05, 0) is 49.1 Å². The molecule has 0 spiro atoms. The van der Waals surface area contributed by atoms with Gasteiger partial charge < -0.3 is 4.90 Å². The fourth-order valence-corrected chi connectivity index (χ4v) is 3.03. The van der Waals surface area contributed by atoms with Crippen molar-refractivity contribution in [2.75, 3.05) is 13.1 Å². The van der Waals surface area contributed by atoms with Gasteiger partial charge in [-0.3, -0.25) is 9.59 Å². The van der Waals surface area contributed by atoms with Crippen LogP contribution in [0.15, 0.2) is 41.2 Å². The van der Waals surface area contributed by atoms with Gasteiger partial charge in [0.1, 0.15) is 5.82 Å². The highest BCUT2D eigenvalue weighted by Crippen LogP contribution is 2.20. The van der Waals surface area contributed by atoms with Gasteiger partial charge in [-0.25, -0.2) is 9.07 Å². The zero-order valence-electron chi connectivity index (χ0n) is 13.6. The molecule has 1 amide bonds. The van der Waals surface area contributed by atoms with Crippen LogP contribution in [0.3, 0.4) is 0 Å². The zero-order valence-corrected chi connectivity index (χ0v) is 13.6. The van der Waals surface area contributed by atoms with E-state index < -0.39 is 0 Å². The maximum Gasteiger partial charge on any atom is 0.266 e. The number of halogens is 1. The van der Waals surface area contributed by atoms with E-state index in [0.29, 0.717) is 18.2 Å². The summed E-state index contributed by atoms with van der Waals surface area (Å²) in [6, 6.07) is 9.21. The highest BCUT2D eigenvalue weighted by molar-refractivity contribution is 5.73. The summed E-state index contributed by atoms with van der Waals surface area (Å²) >= 11 is 0. The van der Waals surface area contributed by atoms with Gasteiger partial charge in [-0.1, -0.05) is 0 Å². The topological polar surface area (TPSA) is 55.2 Å². The SMILES string of the molecule is CC(=O)N1CCC(Cn2nc(-c3ccc(F)cc3)ccc2=O)CC1. The van der Waals surface area contributed by atoms with Gasteiger partial charge in [0.05, 0.1) is 5.69 Å². The third kappa shape index (κ3) is 3.69. The highest BCUT2D eigenvalue weighted by Gasteiger charge is 2.21. The molecule has 0 atom stereocenters. The van der Waals surface area contributed by atoms with Gasteiger partial charge >= 0.3 is 0 Å². The molecule has 3 rings (SSSR count). The molecule has 0 radical (unpaired) electrons. The van der Waals surface area contributed by atoms with E-state index in [1.807, 2.05) is 4.90 Å². The Morgan fingerprint density at radius 1 is 1.17 bits per heavy atom. The number of carbonyl (C=O) groups excluding carboxylic acids is 1. The average molecular weight is 329 g/mol. The Hall–Kier alpha value is -2.50. The first kappa shape index (κ1) is 16.4. The molecule has 0 N–H and O–H groups in total. The minimum Gasteiger partial charge on any atom is -0.343 e. The Morgan fingerprint density at radius 2 is 1.83 bits per heavy atom. The maximum absolute atomic E-state index is 13.0. The monoisotopic (exact) mass is 329 g/mol. The van der Waals surface area contributed by atoms with Gasteiger partial charge in [0.2, 0.25) is 5.91 Å². The van der Waals surface area contributed by atoms with Crippen LogP contribution < -0.4 is 5.56 Å². The Labute approximate surface area is 139 Å². The number of aromatic nitrogens is 2. The lowest BCUT2D eigenvalue weighted by Gasteiger charge is -2.31. The van der Waals surface area contributed by atoms with Crippen molar-refractivity contribution < 1.29 is 9.18 Å². The first-order chi connectivity index (χ1) is 11.5. The van der Waals surface area contributed by atoms with Crippen LogP contribution in [0.25, 0.3) is 11.3 Å². The fourth-order valence-electron chi connectivity index (χ4n) is 3.03. The van der Waals surface area contributed by atoms with E-state index in [-0.39, 0.29) is 17.3 Å². The minimum atomic E-state index is -0.302. The highest BCUT2D eigenvalue weighted by atomic mass is 19.1. The van der Waals surface area contributed by atoms with Crippen LogP contribution in [0, 0.1) is 11.7 Å². The molecule has 5 nitrogen and oxygen atoms in total. The van der Waals surface area contributed by atoms with E-state index in [0.717, 1.165) is 31.5 Å². The first-order valence-corrected chi connectivity index (χ1v) is 8.12. The van der Waals surface area contributed by atoms with E-state index >= 15 is 0 Å². The second-order valence-electron chi connectivity index (χ2n) is 6.20. The summed E-state index contributed by atoms with van der Waals surface area (Å²) in [6.45, 7) is 3.58. The summed E-state index contributed by atoms with van der Waals surface area (Å²) in [5, 5.41) is 4.42. The van der Waals surface area contributed by atoms with E-state index in [1.165, 1.54) is 22.9 Å². The Morgan fingerprint density at radius 3 is 2.46 bits per heavy atom. The van der Waals surface area contributed by atoms with E-state index in [1.54, 1.807) is 25.1 Å². The lowest BCUT2D eigenvalue weighted by molar-refractivity contribution is -0.130. The molecule has 0 bridgehead atoms. The quantitative estimate of drug-likeness (QED) is 0.868. The van der Waals surface area contributed by atoms with Crippen molar-refractivity contribution in [2.24, 2.45) is 5.92 Å². The fraction of sp³-hybridized carbons (Fsp3) is 0.389. The van der Waals surface area contributed by atoms with Crippen LogP contribution in [0.4, 0.5) is 4.39 Å². The number of likely N-dealkylation sites (tertiary alicyclic amines) is 1. The second-order valence-corrected chi connectivity index (χ2v) is 6.20. The molecule has 0 saturated carbocycles. The number of amides is 1. The van der Waals surface area contributed by atoms with Gasteiger partial charge in [-0.2, -0.15) is 5.10 Å². The molecule has 1 saturated heterocycles. The normalized spacial score (nSPS) is 15.5. The maximum atomic E-state index is 13.0. The summed E-state index contributed by atoms with van der Waals surface area (Å²) < 4.78 is 14.5. The number of rotatable bonds is 3. The minimum absolute atomic E-state index is 0.0991. The molecule has 1 aromatic heterocycles. The van der Waals surface area contributed by atoms with Crippen LogP contribution in [-0.2, 0) is 11.3 Å². The number of carbonyl (C=O) groups is 1. The number of nitrogens with zero attached hydrogens (tertiary/aromatic N) is 3. The van der Waals surface area contributed by atoms with Crippen molar-refractivity contribution in [3.05, 3.63) is 52.6 Å². The molecule has 2 heterocycles. The largest absolute Gasteiger partial charge is 0.343 e. The van der Waals surface area contributed by atoms with Gasteiger partial charge in [0.25, 0.3) is 5.56 Å². The standard InChI is InChI=1S/C18H20FN3O2/c1-13(23)21-10-8-14(9-11-21)12-22-18(24)7-6-17(20-22)15-2-4-16(19)5-3-15/h2-7,14H,8-12H2,1H3. The predicted octanol–water partition coefficient (Wildman–Crippen LogP) is 2.31. The van der Waals surface area contributed by atoms with Gasteiger partial charge in [0, 0.05) is 38.2 Å². The lowest BCUT2D eigenvalue weighted by atomic mass is 9.97. The molecule has 1 fully saturated rings. The molecule has 6 heteroatoms. The smallest absolute Gasteiger partial charge is 0.266 e. The van der Waals surface area contributed by atoms with Crippen LogP contribution in [0.1, 0.15) is 19.8 Å². The third-order valence-electron chi connectivity index (χ3n) is 4.50. The summed E-state index contributed by atoms with van der Waals surface area (Å²) in [5.41, 5.74) is 1.28. The van der Waals surface area contributed by atoms with Crippen molar-refractivity contribution >= 4 is 5.91 Å². The average Bonchev–Trinajstić information content (AvgIpc) is 2.58. The molecule has 24 heavy (non-hydrogen) atoms. The molecule has 1 aliphatic rings. The number of hydrogen-bond acceptors (Lipinski definition) is 3. The summed E-state index contributed by atoms with van der Waals surface area (Å²) in [6.07, 6.45) is 1.74. The third-order valence-corrected chi connectivity index (χ3v) is 4.50. The van der Waals surface area contributed by atoms with E-state index in [2.05, 4.69) is 5.10 Å². The Bertz CT molecular complexity index is 778. The number of hydrogen-bond donors (Lipinski definition) is 0. The molecular weight excluding hydrogens is 309 g/mol. The Kier molecular flexibility index (Phi) is 4.74. The van der Waals surface area contributed by atoms with Crippen molar-refractivity contribution in [3.8, 4) is 11.3 Å². The van der Waals surface area contributed by atoms with Crippen molar-refractivity contribution in [2.45, 2.75) is 26.3 Å². The van der Waals surface area contributed by atoms with E-state index in [4.69, 9.17) is 0 Å². The van der Waals surface area contributed by atoms with E-state index in [9.17, 15) is 14.0 Å². The van der Waals surface area contributed by atoms with Crippen LogP contribution in [-0.4, -0.2) is 33.7 Å². The summed E-state index contributed by atoms with van der Waals surface area (Å²) in [4.78, 5) is 25.3. The van der Waals surface area contributed by atoms with Gasteiger partial charge in [0.15, 0.2) is 0 Å². The van der Waals surface area contributed by atoms with Crippen LogP contribution >= 0.6 is 0 Å². The zero-order chi connectivity index (χ0) is 17.1. The molecule has 1 aromatic carbocycles. The van der Waals surface area contributed by atoms with Crippen LogP contribution in [0.5, 0.6) is 0 Å². The molecule has 0 aliphatic carbocycles. The molecular formula is C18H20FN3O2. The molecule has 126 valence electrons. The van der Waals surface area contributed by atoms with Crippen molar-refractivity contribution in [3.63, 3.8) is 0 Å². The van der Waals surface area contributed by atoms with Crippen molar-refractivity contribution in [1.29, 1.82) is 0 Å². The predicted molar refractivity (Wildman–Crippen MR) is 88.9 cm³/mol.